The van der Waals surface area contributed by atoms with Crippen LogP contribution in [-0.2, 0) is 35.8 Å². The second-order valence-electron chi connectivity index (χ2n) is 7.56. The van der Waals surface area contributed by atoms with E-state index in [1.807, 2.05) is 0 Å². The van der Waals surface area contributed by atoms with Crippen LogP contribution in [0.25, 0.3) is 0 Å². The SMILES string of the molecule is Cn1nnnc1SCC1(C(=O)O)CS[C@@H]2C(NC(=O)C(OC=O)c3cnc(NC=O)s3)C(=O)N2C1. The first-order valence-electron chi connectivity index (χ1n) is 9.85. The Labute approximate surface area is 209 Å². The van der Waals surface area contributed by atoms with Crippen molar-refractivity contribution in [3.05, 3.63) is 11.1 Å². The molecule has 4 heterocycles. The highest BCUT2D eigenvalue weighted by molar-refractivity contribution is 8.00. The van der Waals surface area contributed by atoms with Gasteiger partial charge in [-0.05, 0) is 10.4 Å². The highest BCUT2D eigenvalue weighted by Crippen LogP contribution is 2.44. The van der Waals surface area contributed by atoms with Crippen LogP contribution in [0.2, 0.25) is 0 Å². The Morgan fingerprint density at radius 2 is 2.26 bits per heavy atom. The first-order chi connectivity index (χ1) is 16.8. The van der Waals surface area contributed by atoms with Crippen LogP contribution in [0.5, 0.6) is 0 Å². The third-order valence-corrected chi connectivity index (χ3v) is 9.21. The van der Waals surface area contributed by atoms with Crippen LogP contribution in [0.3, 0.4) is 0 Å². The zero-order chi connectivity index (χ0) is 25.2. The summed E-state index contributed by atoms with van der Waals surface area (Å²) in [4.78, 5) is 64.9. The Morgan fingerprint density at radius 1 is 1.46 bits per heavy atom. The van der Waals surface area contributed by atoms with Gasteiger partial charge in [-0.15, -0.1) is 16.9 Å². The fourth-order valence-corrected chi connectivity index (χ4v) is 7.04. The molecule has 3 amide bonds. The molecular weight excluding hydrogens is 524 g/mol. The van der Waals surface area contributed by atoms with Crippen molar-refractivity contribution in [3.63, 3.8) is 0 Å². The zero-order valence-electron chi connectivity index (χ0n) is 17.9. The minimum atomic E-state index is -1.36. The van der Waals surface area contributed by atoms with Gasteiger partial charge >= 0.3 is 5.97 Å². The number of aliphatic carboxylic acids is 1. The molecule has 3 unspecified atom stereocenters. The van der Waals surface area contributed by atoms with Crippen LogP contribution in [0.15, 0.2) is 11.4 Å². The van der Waals surface area contributed by atoms with Gasteiger partial charge in [0, 0.05) is 31.3 Å². The summed E-state index contributed by atoms with van der Waals surface area (Å²) in [5, 5.41) is 26.1. The molecule has 2 saturated heterocycles. The van der Waals surface area contributed by atoms with E-state index < -0.39 is 40.7 Å². The number of carboxylic acids is 1. The molecule has 18 heteroatoms. The summed E-state index contributed by atoms with van der Waals surface area (Å²) >= 11 is 3.36. The number of aromatic nitrogens is 5. The van der Waals surface area contributed by atoms with Gasteiger partial charge in [-0.3, -0.25) is 24.0 Å². The Bertz CT molecular complexity index is 1160. The minimum Gasteiger partial charge on any atom is -0.481 e. The van der Waals surface area contributed by atoms with E-state index in [0.29, 0.717) is 11.6 Å². The summed E-state index contributed by atoms with van der Waals surface area (Å²) in [7, 11) is 1.64. The topological polar surface area (TPSA) is 199 Å². The smallest absolute Gasteiger partial charge is 0.313 e. The third kappa shape index (κ3) is 4.80. The average molecular weight is 543 g/mol. The monoisotopic (exact) mass is 542 g/mol. The van der Waals surface area contributed by atoms with Crippen molar-refractivity contribution in [1.29, 1.82) is 0 Å². The van der Waals surface area contributed by atoms with Crippen LogP contribution in [0, 0.1) is 5.41 Å². The van der Waals surface area contributed by atoms with Crippen molar-refractivity contribution in [2.45, 2.75) is 22.7 Å². The molecule has 3 N–H and O–H groups in total. The highest BCUT2D eigenvalue weighted by atomic mass is 32.2. The number of carbonyl (C=O) groups is 5. The largest absolute Gasteiger partial charge is 0.481 e. The predicted octanol–water partition coefficient (Wildman–Crippen LogP) is -1.29. The summed E-state index contributed by atoms with van der Waals surface area (Å²) in [6.45, 7) is 0.0693. The molecular formula is C17H18N8O7S3. The van der Waals surface area contributed by atoms with Gasteiger partial charge in [0.15, 0.2) is 5.13 Å². The number of fused-ring (bicyclic) bond motifs is 1. The Hall–Kier alpha value is -3.25. The zero-order valence-corrected chi connectivity index (χ0v) is 20.3. The fourth-order valence-electron chi connectivity index (χ4n) is 3.52. The van der Waals surface area contributed by atoms with Crippen LogP contribution in [-0.4, -0.2) is 95.3 Å². The molecule has 2 aliphatic heterocycles. The number of nitrogens with zero attached hydrogens (tertiary/aromatic N) is 6. The molecule has 0 spiro atoms. The second kappa shape index (κ2) is 10.2. The van der Waals surface area contributed by atoms with Crippen LogP contribution in [0.4, 0.5) is 5.13 Å². The number of nitrogens with one attached hydrogen (secondary N) is 2. The molecule has 0 aromatic carbocycles. The summed E-state index contributed by atoms with van der Waals surface area (Å²) in [5.41, 5.74) is -1.23. The number of hydrogen-bond acceptors (Lipinski definition) is 13. The maximum absolute atomic E-state index is 12.8. The number of tetrazole rings is 1. The van der Waals surface area contributed by atoms with E-state index in [0.717, 1.165) is 11.3 Å². The predicted molar refractivity (Wildman–Crippen MR) is 121 cm³/mol. The second-order valence-corrected chi connectivity index (χ2v) is 10.7. The van der Waals surface area contributed by atoms with Gasteiger partial charge in [-0.25, -0.2) is 9.67 Å². The molecule has 0 saturated carbocycles. The first-order valence-corrected chi connectivity index (χ1v) is 12.7. The highest BCUT2D eigenvalue weighted by Gasteiger charge is 2.57. The molecule has 4 rings (SSSR count). The molecule has 4 atom stereocenters. The maximum atomic E-state index is 12.8. The van der Waals surface area contributed by atoms with E-state index in [1.54, 1.807) is 7.05 Å². The number of thiazole rings is 1. The number of aryl methyl sites for hydroxylation is 1. The minimum absolute atomic E-state index is 0.0344. The number of amides is 3. The lowest BCUT2D eigenvalue weighted by atomic mass is 9.89. The van der Waals surface area contributed by atoms with Gasteiger partial charge in [0.25, 0.3) is 12.4 Å². The van der Waals surface area contributed by atoms with Gasteiger partial charge in [-0.2, -0.15) is 0 Å². The lowest BCUT2D eigenvalue weighted by molar-refractivity contribution is -0.159. The molecule has 35 heavy (non-hydrogen) atoms. The summed E-state index contributed by atoms with van der Waals surface area (Å²) in [5.74, 6) is -1.88. The van der Waals surface area contributed by atoms with Gasteiger partial charge in [0.2, 0.25) is 23.6 Å². The Balaban J connectivity index is 1.41. The number of carboxylic acid groups (broad SMARTS) is 1. The van der Waals surface area contributed by atoms with E-state index >= 15 is 0 Å². The molecule has 2 aromatic rings. The molecule has 0 aliphatic carbocycles. The molecule has 2 fully saturated rings. The molecule has 2 aliphatic rings. The number of anilines is 1. The fraction of sp³-hybridized carbons (Fsp3) is 0.471. The van der Waals surface area contributed by atoms with Gasteiger partial charge < -0.3 is 25.4 Å². The lowest BCUT2D eigenvalue weighted by Gasteiger charge is -2.53. The van der Waals surface area contributed by atoms with Gasteiger partial charge in [-0.1, -0.05) is 23.1 Å². The lowest BCUT2D eigenvalue weighted by Crippen LogP contribution is -2.74. The average Bonchev–Trinajstić information content (AvgIpc) is 3.48. The van der Waals surface area contributed by atoms with Crippen molar-refractivity contribution >= 4 is 70.7 Å². The maximum Gasteiger partial charge on any atom is 0.313 e. The summed E-state index contributed by atoms with van der Waals surface area (Å²) < 4.78 is 6.32. The molecule has 15 nitrogen and oxygen atoms in total. The summed E-state index contributed by atoms with van der Waals surface area (Å²) in [6, 6.07) is -0.909. The number of hydrogen-bond donors (Lipinski definition) is 3. The van der Waals surface area contributed by atoms with E-state index in [4.69, 9.17) is 4.74 Å². The van der Waals surface area contributed by atoms with Crippen LogP contribution < -0.4 is 10.6 Å². The molecule has 0 radical (unpaired) electrons. The van der Waals surface area contributed by atoms with E-state index in [-0.39, 0.29) is 34.5 Å². The molecule has 0 bridgehead atoms. The number of rotatable bonds is 11. The van der Waals surface area contributed by atoms with E-state index in [2.05, 4.69) is 31.1 Å². The van der Waals surface area contributed by atoms with Gasteiger partial charge in [0.05, 0.1) is 4.88 Å². The Morgan fingerprint density at radius 3 is 2.91 bits per heavy atom. The first kappa shape index (κ1) is 24.9. The van der Waals surface area contributed by atoms with Gasteiger partial charge in [0.1, 0.15) is 16.8 Å². The molecule has 186 valence electrons. The number of ether oxygens (including phenoxy) is 1. The van der Waals surface area contributed by atoms with E-state index in [1.165, 1.54) is 39.3 Å². The third-order valence-electron chi connectivity index (χ3n) is 5.35. The molecule has 2 aromatic heterocycles. The van der Waals surface area contributed by atoms with Crippen LogP contribution >= 0.6 is 34.9 Å². The van der Waals surface area contributed by atoms with Crippen molar-refractivity contribution in [1.82, 2.24) is 35.4 Å². The van der Waals surface area contributed by atoms with Crippen molar-refractivity contribution in [2.24, 2.45) is 12.5 Å². The number of thioether (sulfide) groups is 2. The van der Waals surface area contributed by atoms with E-state index in [9.17, 15) is 29.1 Å². The quantitative estimate of drug-likeness (QED) is 0.172. The number of carbonyl (C=O) groups excluding carboxylic acids is 4. The van der Waals surface area contributed by atoms with Crippen molar-refractivity contribution in [2.75, 3.05) is 23.4 Å². The summed E-state index contributed by atoms with van der Waals surface area (Å²) in [6.07, 6.45) is 0.331. The normalized spacial score (nSPS) is 24.0. The standard InChI is InChI=1S/C17H18N8O7S3/c1-24-16(21-22-23-24)34-5-17(14(30)31)3-25-12(29)9(13(25)33-4-17)20-11(28)10(32-7-27)8-2-18-15(35-8)19-6-26/h2,6-7,9-10,13H,3-5H2,1H3,(H,20,28)(H,30,31)(H,18,19,26)/t9?,10?,13-,17?/m1/s1. The van der Waals surface area contributed by atoms with Crippen molar-refractivity contribution < 1.29 is 33.8 Å². The Kier molecular flexibility index (Phi) is 7.22. The van der Waals surface area contributed by atoms with Crippen LogP contribution in [0.1, 0.15) is 11.0 Å². The van der Waals surface area contributed by atoms with Crippen molar-refractivity contribution in [3.8, 4) is 0 Å². The number of β-lactam (4-membered cyclic amide) rings is 1.